The van der Waals surface area contributed by atoms with Gasteiger partial charge in [0.2, 0.25) is 0 Å². The minimum absolute atomic E-state index is 0.214. The molecule has 0 radical (unpaired) electrons. The zero-order valence-electron chi connectivity index (χ0n) is 17.0. The molecule has 4 nitrogen and oxygen atoms in total. The highest BCUT2D eigenvalue weighted by atomic mass is 16.6. The first-order chi connectivity index (χ1) is 12.0. The molecule has 4 heteroatoms. The molecule has 0 fully saturated rings. The van der Waals surface area contributed by atoms with Crippen molar-refractivity contribution in [2.24, 2.45) is 5.92 Å². The quantitative estimate of drug-likeness (QED) is 0.225. The van der Waals surface area contributed by atoms with E-state index in [2.05, 4.69) is 20.4 Å². The van der Waals surface area contributed by atoms with Crippen LogP contribution in [0, 0.1) is 16.0 Å². The monoisotopic (exact) mass is 349 g/mol. The van der Waals surface area contributed by atoms with E-state index in [9.17, 15) is 10.1 Å². The molecule has 1 aliphatic carbocycles. The van der Waals surface area contributed by atoms with Crippen LogP contribution in [0.5, 0.6) is 0 Å². The number of nitro groups is 1. The fourth-order valence-corrected chi connectivity index (χ4v) is 2.04. The third kappa shape index (κ3) is 9.70. The highest BCUT2D eigenvalue weighted by molar-refractivity contribution is 5.29. The highest BCUT2D eigenvalue weighted by Crippen LogP contribution is 2.21. The Morgan fingerprint density at radius 1 is 1.36 bits per heavy atom. The van der Waals surface area contributed by atoms with Gasteiger partial charge in [0.15, 0.2) is 0 Å². The van der Waals surface area contributed by atoms with Crippen LogP contribution in [0.3, 0.4) is 0 Å². The number of rotatable bonds is 7. The number of nitrogens with zero attached hydrogens (tertiary/aromatic N) is 1. The molecule has 0 spiro atoms. The summed E-state index contributed by atoms with van der Waals surface area (Å²) in [6, 6.07) is 0. The largest absolute Gasteiger partial charge is 0.489 e. The fourth-order valence-electron chi connectivity index (χ4n) is 2.04. The first-order valence-electron chi connectivity index (χ1n) is 9.15. The summed E-state index contributed by atoms with van der Waals surface area (Å²) in [5.74, 6) is 1.05. The van der Waals surface area contributed by atoms with Crippen LogP contribution >= 0.6 is 0 Å². The van der Waals surface area contributed by atoms with E-state index < -0.39 is 0 Å². The minimum atomic E-state index is -0.309. The molecule has 0 bridgehead atoms. The van der Waals surface area contributed by atoms with E-state index in [1.807, 2.05) is 52.8 Å². The highest BCUT2D eigenvalue weighted by Gasteiger charge is 2.19. The average Bonchev–Trinajstić information content (AvgIpc) is 2.65. The summed E-state index contributed by atoms with van der Waals surface area (Å²) in [7, 11) is 0. The van der Waals surface area contributed by atoms with Crippen molar-refractivity contribution < 1.29 is 9.66 Å². The maximum Gasteiger partial charge on any atom is 0.253 e. The van der Waals surface area contributed by atoms with Crippen molar-refractivity contribution in [3.05, 3.63) is 69.7 Å². The molecule has 0 N–H and O–H groups in total. The Morgan fingerprint density at radius 3 is 2.40 bits per heavy atom. The zero-order chi connectivity index (χ0) is 19.8. The maximum absolute atomic E-state index is 11.0. The van der Waals surface area contributed by atoms with Gasteiger partial charge in [0.05, 0.1) is 10.5 Å². The summed E-state index contributed by atoms with van der Waals surface area (Å²) in [5.41, 5.74) is 1.97. The Labute approximate surface area is 153 Å². The first-order valence-corrected chi connectivity index (χ1v) is 9.15. The lowest BCUT2D eigenvalue weighted by atomic mass is 10.0. The molecule has 0 amide bonds. The Bertz CT molecular complexity index is 523. The van der Waals surface area contributed by atoms with Gasteiger partial charge in [-0.25, -0.2) is 0 Å². The minimum Gasteiger partial charge on any atom is -0.489 e. The maximum atomic E-state index is 11.0. The van der Waals surface area contributed by atoms with Crippen molar-refractivity contribution in [2.75, 3.05) is 6.61 Å². The molecular weight excluding hydrogens is 314 g/mol. The smallest absolute Gasteiger partial charge is 0.253 e. The molecule has 0 atom stereocenters. The topological polar surface area (TPSA) is 52.4 Å². The molecule has 1 aliphatic rings. The first kappa shape index (κ1) is 25.1. The van der Waals surface area contributed by atoms with Gasteiger partial charge in [0.25, 0.3) is 5.70 Å². The molecule has 1 rings (SSSR count). The van der Waals surface area contributed by atoms with Gasteiger partial charge in [-0.15, -0.1) is 0 Å². The summed E-state index contributed by atoms with van der Waals surface area (Å²) >= 11 is 0. The number of hydrogen-bond donors (Lipinski definition) is 0. The van der Waals surface area contributed by atoms with Crippen LogP contribution in [-0.4, -0.2) is 11.5 Å². The summed E-state index contributed by atoms with van der Waals surface area (Å²) in [6.45, 7) is 18.1. The zero-order valence-corrected chi connectivity index (χ0v) is 17.0. The molecule has 0 aromatic heterocycles. The Hall–Kier alpha value is -2.10. The number of ether oxygens (including phenoxy) is 1. The van der Waals surface area contributed by atoms with Crippen molar-refractivity contribution in [1.29, 1.82) is 0 Å². The van der Waals surface area contributed by atoms with Crippen molar-refractivity contribution in [2.45, 2.75) is 61.3 Å². The van der Waals surface area contributed by atoms with Crippen LogP contribution < -0.4 is 0 Å². The van der Waals surface area contributed by atoms with Crippen LogP contribution in [0.2, 0.25) is 0 Å². The lowest BCUT2D eigenvalue weighted by molar-refractivity contribution is -0.429. The molecular formula is C21H35NO3. The molecule has 0 saturated carbocycles. The van der Waals surface area contributed by atoms with Crippen LogP contribution in [0.15, 0.2) is 59.6 Å². The van der Waals surface area contributed by atoms with Crippen molar-refractivity contribution in [1.82, 2.24) is 0 Å². The second-order valence-corrected chi connectivity index (χ2v) is 5.15. The third-order valence-corrected chi connectivity index (χ3v) is 3.35. The van der Waals surface area contributed by atoms with Crippen molar-refractivity contribution in [3.8, 4) is 0 Å². The second kappa shape index (κ2) is 15.4. The van der Waals surface area contributed by atoms with Crippen LogP contribution in [-0.2, 0) is 4.74 Å². The number of hydrogen-bond acceptors (Lipinski definition) is 3. The van der Waals surface area contributed by atoms with Crippen LogP contribution in [0.25, 0.3) is 0 Å². The molecule has 0 aromatic rings. The Balaban J connectivity index is 0. The van der Waals surface area contributed by atoms with Gasteiger partial charge in [-0.3, -0.25) is 10.1 Å². The summed E-state index contributed by atoms with van der Waals surface area (Å²) in [5, 5.41) is 11.0. The van der Waals surface area contributed by atoms with Gasteiger partial charge in [0.1, 0.15) is 12.4 Å². The van der Waals surface area contributed by atoms with Crippen LogP contribution in [0.1, 0.15) is 61.3 Å². The summed E-state index contributed by atoms with van der Waals surface area (Å²) in [6.07, 6.45) is 10.5. The summed E-state index contributed by atoms with van der Waals surface area (Å²) in [4.78, 5) is 10.7. The van der Waals surface area contributed by atoms with Gasteiger partial charge in [-0.1, -0.05) is 66.3 Å². The molecule has 0 aliphatic heterocycles. The number of allylic oxidation sites excluding steroid dienone is 6. The van der Waals surface area contributed by atoms with E-state index in [1.54, 1.807) is 12.2 Å². The second-order valence-electron chi connectivity index (χ2n) is 5.15. The predicted octanol–water partition coefficient (Wildman–Crippen LogP) is 6.61. The van der Waals surface area contributed by atoms with Gasteiger partial charge in [-0.2, -0.15) is 0 Å². The standard InChI is InChI=1S/C17H23NO3.2C2H6/c1-5-14(13(3)4)11-16(6-2)21-12-15-9-7-8-10-17(15)18(19)20;2*1-2/h5-7,9,11,13H,1,8,10,12H2,2-4H3;2*1-2H3/b14-11+,16-6+;;. The Morgan fingerprint density at radius 2 is 1.96 bits per heavy atom. The van der Waals surface area contributed by atoms with E-state index in [1.165, 1.54) is 0 Å². The molecule has 142 valence electrons. The molecule has 0 aromatic carbocycles. The predicted molar refractivity (Wildman–Crippen MR) is 108 cm³/mol. The van der Waals surface area contributed by atoms with E-state index in [-0.39, 0.29) is 17.2 Å². The lowest BCUT2D eigenvalue weighted by Gasteiger charge is -2.13. The Kier molecular flexibility index (Phi) is 15.5. The van der Waals surface area contributed by atoms with E-state index in [0.717, 1.165) is 5.57 Å². The van der Waals surface area contributed by atoms with Crippen molar-refractivity contribution >= 4 is 0 Å². The van der Waals surface area contributed by atoms with Crippen molar-refractivity contribution in [3.63, 3.8) is 0 Å². The molecule has 25 heavy (non-hydrogen) atoms. The van der Waals surface area contributed by atoms with Gasteiger partial charge in [-0.05, 0) is 37.0 Å². The molecule has 0 heterocycles. The fraction of sp³-hybridized carbons (Fsp3) is 0.524. The average molecular weight is 350 g/mol. The SMILES string of the molecule is C=C/C(=C\C(=C/C)OCC1=C([N+](=O)[O-])CCC=C1)C(C)C.CC.CC. The molecule has 0 unspecified atom stereocenters. The third-order valence-electron chi connectivity index (χ3n) is 3.35. The van der Waals surface area contributed by atoms with E-state index in [0.29, 0.717) is 30.1 Å². The van der Waals surface area contributed by atoms with E-state index >= 15 is 0 Å². The normalized spacial score (nSPS) is 14.2. The summed E-state index contributed by atoms with van der Waals surface area (Å²) < 4.78 is 5.72. The van der Waals surface area contributed by atoms with E-state index in [4.69, 9.17) is 4.74 Å². The molecule has 0 saturated heterocycles. The van der Waals surface area contributed by atoms with Gasteiger partial charge in [0, 0.05) is 6.42 Å². The van der Waals surface area contributed by atoms with Gasteiger partial charge < -0.3 is 4.74 Å². The van der Waals surface area contributed by atoms with Crippen LogP contribution in [0.4, 0.5) is 0 Å². The lowest BCUT2D eigenvalue weighted by Crippen LogP contribution is -2.09. The van der Waals surface area contributed by atoms with Gasteiger partial charge >= 0.3 is 0 Å².